The Morgan fingerprint density at radius 3 is 2.82 bits per heavy atom. The van der Waals surface area contributed by atoms with Crippen LogP contribution in [0, 0.1) is 0 Å². The Morgan fingerprint density at radius 1 is 1.36 bits per heavy atom. The predicted octanol–water partition coefficient (Wildman–Crippen LogP) is 0.858. The Labute approximate surface area is 67.0 Å². The predicted molar refractivity (Wildman–Crippen MR) is 43.7 cm³/mol. The summed E-state index contributed by atoms with van der Waals surface area (Å²) in [5, 5.41) is 3.97. The van der Waals surface area contributed by atoms with Crippen LogP contribution in [-0.4, -0.2) is 36.9 Å². The van der Waals surface area contributed by atoms with Gasteiger partial charge in [-0.15, -0.1) is 0 Å². The summed E-state index contributed by atoms with van der Waals surface area (Å²) in [6.45, 7) is 4.33. The van der Waals surface area contributed by atoms with Crippen LogP contribution in [-0.2, 0) is 4.84 Å². The molecule has 3 heteroatoms. The molecule has 0 radical (unpaired) electrons. The van der Waals surface area contributed by atoms with Crippen molar-refractivity contribution in [1.82, 2.24) is 4.90 Å². The van der Waals surface area contributed by atoms with Gasteiger partial charge in [-0.2, -0.15) is 0 Å². The lowest BCUT2D eigenvalue weighted by atomic mass is 10.3. The van der Waals surface area contributed by atoms with Crippen molar-refractivity contribution < 1.29 is 4.84 Å². The van der Waals surface area contributed by atoms with Crippen LogP contribution in [0.15, 0.2) is 5.16 Å². The monoisotopic (exact) mass is 154 g/mol. The van der Waals surface area contributed by atoms with Gasteiger partial charge < -0.3 is 4.84 Å². The van der Waals surface area contributed by atoms with E-state index in [0.29, 0.717) is 0 Å². The highest BCUT2D eigenvalue weighted by Crippen LogP contribution is 2.09. The molecule has 0 spiro atoms. The number of nitrogens with zero attached hydrogens (tertiary/aromatic N) is 2. The molecule has 0 amide bonds. The van der Waals surface area contributed by atoms with Crippen molar-refractivity contribution in [3.8, 4) is 0 Å². The molecule has 1 fully saturated rings. The standard InChI is InChI=1S/C8H14N2O/c1-2-5-10(4-1)7-8-3-6-11-9-8/h1-7H2. The van der Waals surface area contributed by atoms with Crippen LogP contribution in [0.3, 0.4) is 0 Å². The number of likely N-dealkylation sites (tertiary alicyclic amines) is 1. The molecule has 2 heterocycles. The van der Waals surface area contributed by atoms with E-state index >= 15 is 0 Å². The molecular weight excluding hydrogens is 140 g/mol. The van der Waals surface area contributed by atoms with E-state index in [9.17, 15) is 0 Å². The Balaban J connectivity index is 1.79. The van der Waals surface area contributed by atoms with Gasteiger partial charge in [0, 0.05) is 13.0 Å². The summed E-state index contributed by atoms with van der Waals surface area (Å²) >= 11 is 0. The molecule has 0 aromatic carbocycles. The number of oxime groups is 1. The first-order valence-electron chi connectivity index (χ1n) is 4.35. The lowest BCUT2D eigenvalue weighted by Crippen LogP contribution is -2.25. The number of hydrogen-bond donors (Lipinski definition) is 0. The third kappa shape index (κ3) is 1.71. The van der Waals surface area contributed by atoms with Crippen LogP contribution >= 0.6 is 0 Å². The first-order valence-corrected chi connectivity index (χ1v) is 4.35. The van der Waals surface area contributed by atoms with E-state index in [-0.39, 0.29) is 0 Å². The van der Waals surface area contributed by atoms with Crippen molar-refractivity contribution >= 4 is 5.71 Å². The summed E-state index contributed by atoms with van der Waals surface area (Å²) in [6, 6.07) is 0. The molecule has 0 aliphatic carbocycles. The molecule has 62 valence electrons. The maximum Gasteiger partial charge on any atom is 0.122 e. The molecule has 0 unspecified atom stereocenters. The van der Waals surface area contributed by atoms with Crippen molar-refractivity contribution in [2.24, 2.45) is 5.16 Å². The van der Waals surface area contributed by atoms with Gasteiger partial charge in [-0.25, -0.2) is 0 Å². The highest BCUT2D eigenvalue weighted by molar-refractivity contribution is 5.86. The summed E-state index contributed by atoms with van der Waals surface area (Å²) in [5.41, 5.74) is 1.23. The fourth-order valence-corrected chi connectivity index (χ4v) is 1.65. The minimum atomic E-state index is 0.795. The number of rotatable bonds is 2. The molecule has 0 N–H and O–H groups in total. The van der Waals surface area contributed by atoms with Gasteiger partial charge in [-0.1, -0.05) is 5.16 Å². The van der Waals surface area contributed by atoms with Crippen LogP contribution in [0.1, 0.15) is 19.3 Å². The summed E-state index contributed by atoms with van der Waals surface area (Å²) < 4.78 is 0. The Kier molecular flexibility index (Phi) is 2.08. The van der Waals surface area contributed by atoms with Gasteiger partial charge in [0.1, 0.15) is 6.61 Å². The lowest BCUT2D eigenvalue weighted by Gasteiger charge is -2.12. The quantitative estimate of drug-likeness (QED) is 0.589. The SMILES string of the molecule is C1CCN(CC2=NOCC2)C1. The summed E-state index contributed by atoms with van der Waals surface area (Å²) in [4.78, 5) is 7.38. The number of hydrogen-bond acceptors (Lipinski definition) is 3. The third-order valence-corrected chi connectivity index (χ3v) is 2.28. The molecular formula is C8H14N2O. The first kappa shape index (κ1) is 7.10. The lowest BCUT2D eigenvalue weighted by molar-refractivity contribution is 0.173. The fraction of sp³-hybridized carbons (Fsp3) is 0.875. The van der Waals surface area contributed by atoms with Crippen molar-refractivity contribution in [2.75, 3.05) is 26.2 Å². The smallest absolute Gasteiger partial charge is 0.122 e. The minimum Gasteiger partial charge on any atom is -0.395 e. The van der Waals surface area contributed by atoms with Gasteiger partial charge in [0.25, 0.3) is 0 Å². The van der Waals surface area contributed by atoms with Gasteiger partial charge in [-0.05, 0) is 25.9 Å². The van der Waals surface area contributed by atoms with Crippen molar-refractivity contribution in [3.05, 3.63) is 0 Å². The Morgan fingerprint density at radius 2 is 2.18 bits per heavy atom. The van der Waals surface area contributed by atoms with Crippen LogP contribution < -0.4 is 0 Å². The summed E-state index contributed by atoms with van der Waals surface area (Å²) in [6.07, 6.45) is 3.75. The topological polar surface area (TPSA) is 24.8 Å². The first-order chi connectivity index (χ1) is 5.45. The van der Waals surface area contributed by atoms with E-state index in [1.165, 1.54) is 31.6 Å². The second-order valence-corrected chi connectivity index (χ2v) is 3.22. The molecule has 0 bridgehead atoms. The zero-order valence-corrected chi connectivity index (χ0v) is 6.75. The van der Waals surface area contributed by atoms with Crippen molar-refractivity contribution in [2.45, 2.75) is 19.3 Å². The van der Waals surface area contributed by atoms with E-state index in [1.807, 2.05) is 0 Å². The molecule has 0 saturated carbocycles. The minimum absolute atomic E-state index is 0.795. The van der Waals surface area contributed by atoms with E-state index in [2.05, 4.69) is 10.1 Å². The maximum absolute atomic E-state index is 4.93. The third-order valence-electron chi connectivity index (χ3n) is 2.28. The van der Waals surface area contributed by atoms with E-state index < -0.39 is 0 Å². The van der Waals surface area contributed by atoms with Crippen LogP contribution in [0.4, 0.5) is 0 Å². The van der Waals surface area contributed by atoms with Crippen LogP contribution in [0.25, 0.3) is 0 Å². The molecule has 0 atom stereocenters. The average Bonchev–Trinajstić information content (AvgIpc) is 2.60. The van der Waals surface area contributed by atoms with Gasteiger partial charge in [0.05, 0.1) is 5.71 Å². The van der Waals surface area contributed by atoms with Gasteiger partial charge >= 0.3 is 0 Å². The second kappa shape index (κ2) is 3.22. The molecule has 0 aromatic rings. The molecule has 11 heavy (non-hydrogen) atoms. The van der Waals surface area contributed by atoms with E-state index in [1.54, 1.807) is 0 Å². The van der Waals surface area contributed by atoms with Gasteiger partial charge in [-0.3, -0.25) is 4.90 Å². The highest BCUT2D eigenvalue weighted by atomic mass is 16.6. The molecule has 3 nitrogen and oxygen atoms in total. The molecule has 0 aromatic heterocycles. The highest BCUT2D eigenvalue weighted by Gasteiger charge is 2.16. The normalized spacial score (nSPS) is 25.3. The Hall–Kier alpha value is -0.570. The summed E-state index contributed by atoms with van der Waals surface area (Å²) in [5.74, 6) is 0. The van der Waals surface area contributed by atoms with Crippen molar-refractivity contribution in [1.29, 1.82) is 0 Å². The zero-order chi connectivity index (χ0) is 7.52. The molecule has 2 aliphatic heterocycles. The molecule has 2 aliphatic rings. The second-order valence-electron chi connectivity index (χ2n) is 3.22. The fourth-order valence-electron chi connectivity index (χ4n) is 1.65. The van der Waals surface area contributed by atoms with Crippen LogP contribution in [0.2, 0.25) is 0 Å². The zero-order valence-electron chi connectivity index (χ0n) is 6.75. The maximum atomic E-state index is 4.93. The molecule has 1 saturated heterocycles. The largest absolute Gasteiger partial charge is 0.395 e. The summed E-state index contributed by atoms with van der Waals surface area (Å²) in [7, 11) is 0. The van der Waals surface area contributed by atoms with Crippen molar-refractivity contribution in [3.63, 3.8) is 0 Å². The molecule has 2 rings (SSSR count). The van der Waals surface area contributed by atoms with Gasteiger partial charge in [0.15, 0.2) is 0 Å². The average molecular weight is 154 g/mol. The van der Waals surface area contributed by atoms with Gasteiger partial charge in [0.2, 0.25) is 0 Å². The van der Waals surface area contributed by atoms with E-state index in [4.69, 9.17) is 4.84 Å². The van der Waals surface area contributed by atoms with Crippen LogP contribution in [0.5, 0.6) is 0 Å². The van der Waals surface area contributed by atoms with E-state index in [0.717, 1.165) is 19.6 Å². The Bertz CT molecular complexity index is 161.